The van der Waals surface area contributed by atoms with Gasteiger partial charge in [0.25, 0.3) is 0 Å². The molecule has 0 saturated carbocycles. The monoisotopic (exact) mass is 206 g/mol. The molecule has 0 radical (unpaired) electrons. The number of carbonyl (C=O) groups excluding carboxylic acids is 1. The van der Waals surface area contributed by atoms with Crippen molar-refractivity contribution in [3.8, 4) is 5.75 Å². The van der Waals surface area contributed by atoms with Gasteiger partial charge in [0.05, 0.1) is 0 Å². The van der Waals surface area contributed by atoms with Crippen LogP contribution in [0, 0.1) is 0 Å². The highest BCUT2D eigenvalue weighted by Crippen LogP contribution is 2.35. The standard InChI is InChI=1S/C9H10N4O2/c10-9(15)13-12-7-3-5-1-2-11-6(5)4-8(7)14/h3-4,11,14H,1-2H2,(H2,10,15). The van der Waals surface area contributed by atoms with Gasteiger partial charge in [-0.3, -0.25) is 0 Å². The molecule has 2 rings (SSSR count). The highest BCUT2D eigenvalue weighted by Gasteiger charge is 2.13. The van der Waals surface area contributed by atoms with Crippen molar-refractivity contribution in [1.29, 1.82) is 0 Å². The Morgan fingerprint density at radius 2 is 2.33 bits per heavy atom. The number of primary amides is 1. The molecule has 0 unspecified atom stereocenters. The maximum atomic E-state index is 10.4. The second-order valence-electron chi connectivity index (χ2n) is 3.21. The molecule has 0 bridgehead atoms. The minimum atomic E-state index is -0.881. The first-order valence-corrected chi connectivity index (χ1v) is 4.48. The lowest BCUT2D eigenvalue weighted by atomic mass is 10.1. The maximum Gasteiger partial charge on any atom is 0.356 e. The predicted octanol–water partition coefficient (Wildman–Crippen LogP) is 1.52. The number of azo groups is 1. The Morgan fingerprint density at radius 3 is 3.07 bits per heavy atom. The summed E-state index contributed by atoms with van der Waals surface area (Å²) in [6.45, 7) is 0.838. The lowest BCUT2D eigenvalue weighted by molar-refractivity contribution is 0.255. The van der Waals surface area contributed by atoms with Crippen molar-refractivity contribution in [3.63, 3.8) is 0 Å². The molecule has 0 spiro atoms. The van der Waals surface area contributed by atoms with E-state index in [0.29, 0.717) is 0 Å². The molecule has 15 heavy (non-hydrogen) atoms. The molecule has 0 saturated heterocycles. The van der Waals surface area contributed by atoms with Crippen LogP contribution in [0.1, 0.15) is 5.56 Å². The lowest BCUT2D eigenvalue weighted by Crippen LogP contribution is -2.01. The van der Waals surface area contributed by atoms with Gasteiger partial charge in [0.15, 0.2) is 0 Å². The number of fused-ring (bicyclic) bond motifs is 1. The van der Waals surface area contributed by atoms with Gasteiger partial charge in [0, 0.05) is 18.3 Å². The van der Waals surface area contributed by atoms with Crippen molar-refractivity contribution in [1.82, 2.24) is 0 Å². The van der Waals surface area contributed by atoms with Gasteiger partial charge in [-0.1, -0.05) is 5.11 Å². The van der Waals surface area contributed by atoms with Gasteiger partial charge >= 0.3 is 6.03 Å². The fourth-order valence-corrected chi connectivity index (χ4v) is 1.51. The summed E-state index contributed by atoms with van der Waals surface area (Å²) in [6.07, 6.45) is 0.870. The van der Waals surface area contributed by atoms with Crippen LogP contribution in [0.25, 0.3) is 0 Å². The average Bonchev–Trinajstić information content (AvgIpc) is 2.60. The van der Waals surface area contributed by atoms with Crippen molar-refractivity contribution in [2.75, 3.05) is 11.9 Å². The van der Waals surface area contributed by atoms with Crippen LogP contribution in [0.4, 0.5) is 16.2 Å². The molecule has 1 aliphatic heterocycles. The smallest absolute Gasteiger partial charge is 0.356 e. The number of urea groups is 1. The van der Waals surface area contributed by atoms with Crippen LogP contribution >= 0.6 is 0 Å². The van der Waals surface area contributed by atoms with Gasteiger partial charge in [0.2, 0.25) is 0 Å². The van der Waals surface area contributed by atoms with E-state index in [0.717, 1.165) is 24.2 Å². The normalized spacial score (nSPS) is 13.9. The Hall–Kier alpha value is -2.11. The Morgan fingerprint density at radius 1 is 1.53 bits per heavy atom. The van der Waals surface area contributed by atoms with E-state index < -0.39 is 6.03 Å². The number of rotatable bonds is 1. The quantitative estimate of drug-likeness (QED) is 0.607. The molecular formula is C9H10N4O2. The van der Waals surface area contributed by atoms with Crippen molar-refractivity contribution in [2.45, 2.75) is 6.42 Å². The van der Waals surface area contributed by atoms with E-state index in [4.69, 9.17) is 5.73 Å². The first kappa shape index (κ1) is 9.45. The Labute approximate surface area is 85.8 Å². The fraction of sp³-hybridized carbons (Fsp3) is 0.222. The number of benzene rings is 1. The third-order valence-electron chi connectivity index (χ3n) is 2.17. The number of hydrogen-bond acceptors (Lipinski definition) is 4. The Balaban J connectivity index is 2.36. The van der Waals surface area contributed by atoms with Crippen LogP contribution in [0.3, 0.4) is 0 Å². The summed E-state index contributed by atoms with van der Waals surface area (Å²) in [5.74, 6) is -0.0202. The van der Waals surface area contributed by atoms with Crippen molar-refractivity contribution >= 4 is 17.4 Å². The van der Waals surface area contributed by atoms with Crippen LogP contribution in [-0.4, -0.2) is 17.7 Å². The number of hydrogen-bond donors (Lipinski definition) is 3. The number of anilines is 1. The molecule has 1 aromatic rings. The number of carbonyl (C=O) groups is 1. The molecule has 0 atom stereocenters. The van der Waals surface area contributed by atoms with Gasteiger partial charge in [-0.15, -0.1) is 5.11 Å². The van der Waals surface area contributed by atoms with E-state index in [1.807, 2.05) is 0 Å². The summed E-state index contributed by atoms with van der Waals surface area (Å²) in [6, 6.07) is 2.38. The highest BCUT2D eigenvalue weighted by molar-refractivity contribution is 5.73. The van der Waals surface area contributed by atoms with Gasteiger partial charge in [-0.2, -0.15) is 0 Å². The molecule has 1 aromatic carbocycles. The van der Waals surface area contributed by atoms with Crippen LogP contribution in [0.5, 0.6) is 5.75 Å². The van der Waals surface area contributed by atoms with Gasteiger partial charge in [-0.25, -0.2) is 4.79 Å². The van der Waals surface area contributed by atoms with E-state index in [1.54, 1.807) is 12.1 Å². The molecule has 4 N–H and O–H groups in total. The third kappa shape index (κ3) is 1.88. The molecule has 6 nitrogen and oxygen atoms in total. The van der Waals surface area contributed by atoms with Crippen molar-refractivity contribution < 1.29 is 9.90 Å². The summed E-state index contributed by atoms with van der Waals surface area (Å²) in [5, 5.41) is 19.4. The first-order valence-electron chi connectivity index (χ1n) is 4.48. The van der Waals surface area contributed by atoms with Crippen molar-refractivity contribution in [3.05, 3.63) is 17.7 Å². The zero-order valence-electron chi connectivity index (χ0n) is 7.90. The number of nitrogens with zero attached hydrogens (tertiary/aromatic N) is 2. The molecule has 0 fully saturated rings. The summed E-state index contributed by atoms with van der Waals surface area (Å²) >= 11 is 0. The van der Waals surface area contributed by atoms with E-state index in [-0.39, 0.29) is 11.4 Å². The number of phenolic OH excluding ortho intramolecular Hbond substituents is 1. The minimum absolute atomic E-state index is 0.0202. The average molecular weight is 206 g/mol. The van der Waals surface area contributed by atoms with Gasteiger partial charge < -0.3 is 16.2 Å². The van der Waals surface area contributed by atoms with E-state index >= 15 is 0 Å². The number of nitrogens with two attached hydrogens (primary N) is 1. The predicted molar refractivity (Wildman–Crippen MR) is 54.4 cm³/mol. The molecule has 1 aliphatic rings. The number of aromatic hydroxyl groups is 1. The summed E-state index contributed by atoms with van der Waals surface area (Å²) in [4.78, 5) is 10.4. The fourth-order valence-electron chi connectivity index (χ4n) is 1.51. The number of nitrogens with one attached hydrogen (secondary N) is 1. The molecule has 0 aromatic heterocycles. The molecule has 78 valence electrons. The van der Waals surface area contributed by atoms with Gasteiger partial charge in [0.1, 0.15) is 11.4 Å². The largest absolute Gasteiger partial charge is 0.506 e. The number of phenols is 1. The van der Waals surface area contributed by atoms with Crippen LogP contribution in [0.15, 0.2) is 22.4 Å². The maximum absolute atomic E-state index is 10.4. The molecular weight excluding hydrogens is 196 g/mol. The summed E-state index contributed by atoms with van der Waals surface area (Å²) in [7, 11) is 0. The SMILES string of the molecule is NC(=O)N=Nc1cc2c(cc1O)NCC2. The summed E-state index contributed by atoms with van der Waals surface area (Å²) in [5.41, 5.74) is 7.01. The van der Waals surface area contributed by atoms with Gasteiger partial charge in [-0.05, 0) is 18.1 Å². The molecule has 6 heteroatoms. The third-order valence-corrected chi connectivity index (χ3v) is 2.17. The van der Waals surface area contributed by atoms with Crippen molar-refractivity contribution in [2.24, 2.45) is 16.0 Å². The lowest BCUT2D eigenvalue weighted by Gasteiger charge is -2.02. The van der Waals surface area contributed by atoms with E-state index in [2.05, 4.69) is 15.5 Å². The molecule has 2 amide bonds. The zero-order chi connectivity index (χ0) is 10.8. The summed E-state index contributed by atoms with van der Waals surface area (Å²) < 4.78 is 0. The van der Waals surface area contributed by atoms with E-state index in [9.17, 15) is 9.90 Å². The molecule has 0 aliphatic carbocycles. The van der Waals surface area contributed by atoms with Crippen LogP contribution in [0.2, 0.25) is 0 Å². The Bertz CT molecular complexity index is 442. The number of amides is 2. The Kier molecular flexibility index (Phi) is 2.24. The zero-order valence-corrected chi connectivity index (χ0v) is 7.90. The second kappa shape index (κ2) is 3.56. The van der Waals surface area contributed by atoms with Crippen LogP contribution < -0.4 is 11.1 Å². The first-order chi connectivity index (χ1) is 7.16. The topological polar surface area (TPSA) is 100 Å². The second-order valence-corrected chi connectivity index (χ2v) is 3.21. The highest BCUT2D eigenvalue weighted by atomic mass is 16.3. The van der Waals surface area contributed by atoms with Crippen LogP contribution in [-0.2, 0) is 6.42 Å². The molecule has 1 heterocycles. The minimum Gasteiger partial charge on any atom is -0.506 e. The van der Waals surface area contributed by atoms with E-state index in [1.165, 1.54) is 0 Å².